The van der Waals surface area contributed by atoms with Crippen molar-refractivity contribution in [2.45, 2.75) is 38.8 Å². The van der Waals surface area contributed by atoms with Crippen LogP contribution in [0.3, 0.4) is 0 Å². The van der Waals surface area contributed by atoms with Gasteiger partial charge >= 0.3 is 0 Å². The highest BCUT2D eigenvalue weighted by molar-refractivity contribution is 5.79. The van der Waals surface area contributed by atoms with E-state index in [2.05, 4.69) is 34.3 Å². The molecule has 3 rings (SSSR count). The molecule has 1 aromatic rings. The lowest BCUT2D eigenvalue weighted by Crippen LogP contribution is -2.43. The first kappa shape index (κ1) is 22.0. The molecule has 2 N–H and O–H groups in total. The van der Waals surface area contributed by atoms with Gasteiger partial charge in [-0.05, 0) is 44.0 Å². The summed E-state index contributed by atoms with van der Waals surface area (Å²) in [5, 5.41) is 6.84. The Labute approximate surface area is 174 Å². The molecule has 0 amide bonds. The van der Waals surface area contributed by atoms with Gasteiger partial charge in [-0.15, -0.1) is 0 Å². The normalized spacial score (nSPS) is 19.4. The average molecular weight is 406 g/mol. The monoisotopic (exact) mass is 405 g/mol. The molecule has 1 aromatic carbocycles. The number of benzene rings is 1. The van der Waals surface area contributed by atoms with Gasteiger partial charge in [0.15, 0.2) is 5.96 Å². The molecule has 2 aliphatic rings. The molecule has 29 heavy (non-hydrogen) atoms. The van der Waals surface area contributed by atoms with E-state index in [1.807, 2.05) is 12.1 Å². The van der Waals surface area contributed by atoms with Crippen LogP contribution in [-0.4, -0.2) is 80.8 Å². The first-order valence-electron chi connectivity index (χ1n) is 11.0. The van der Waals surface area contributed by atoms with Crippen molar-refractivity contribution in [3.8, 4) is 0 Å². The third kappa shape index (κ3) is 6.94. The fraction of sp³-hybridized carbons (Fsp3) is 0.682. The summed E-state index contributed by atoms with van der Waals surface area (Å²) >= 11 is 0. The molecule has 1 aliphatic heterocycles. The third-order valence-electron chi connectivity index (χ3n) is 5.67. The van der Waals surface area contributed by atoms with Crippen molar-refractivity contribution in [1.82, 2.24) is 20.4 Å². The van der Waals surface area contributed by atoms with Crippen LogP contribution in [0.15, 0.2) is 29.3 Å². The Balaban J connectivity index is 1.62. The van der Waals surface area contributed by atoms with E-state index >= 15 is 0 Å². The molecule has 1 saturated heterocycles. The van der Waals surface area contributed by atoms with Crippen molar-refractivity contribution in [3.05, 3.63) is 35.6 Å². The number of hydrogen-bond donors (Lipinski definition) is 2. The van der Waals surface area contributed by atoms with Crippen molar-refractivity contribution in [2.24, 2.45) is 4.99 Å². The van der Waals surface area contributed by atoms with Gasteiger partial charge in [-0.2, -0.15) is 0 Å². The van der Waals surface area contributed by atoms with Crippen LogP contribution >= 0.6 is 0 Å². The number of likely N-dealkylation sites (N-methyl/N-ethyl adjacent to an activating group) is 1. The lowest BCUT2D eigenvalue weighted by Gasteiger charge is -2.34. The van der Waals surface area contributed by atoms with E-state index in [-0.39, 0.29) is 11.9 Å². The van der Waals surface area contributed by atoms with E-state index in [0.29, 0.717) is 6.54 Å². The minimum absolute atomic E-state index is 0.119. The number of nitrogens with one attached hydrogen (secondary N) is 2. The summed E-state index contributed by atoms with van der Waals surface area (Å²) in [6.45, 7) is 12.0. The Morgan fingerprint density at radius 1 is 1.21 bits per heavy atom. The van der Waals surface area contributed by atoms with Crippen molar-refractivity contribution >= 4 is 5.96 Å². The Hall–Kier alpha value is -1.70. The van der Waals surface area contributed by atoms with Crippen LogP contribution in [0.4, 0.5) is 4.39 Å². The highest BCUT2D eigenvalue weighted by Gasteiger charge is 2.27. The van der Waals surface area contributed by atoms with Gasteiger partial charge in [0.25, 0.3) is 0 Å². The molecule has 2 fully saturated rings. The van der Waals surface area contributed by atoms with Gasteiger partial charge in [0.05, 0.1) is 25.8 Å². The number of hydrogen-bond acceptors (Lipinski definition) is 4. The quantitative estimate of drug-likeness (QED) is 0.462. The van der Waals surface area contributed by atoms with Crippen LogP contribution in [0.2, 0.25) is 0 Å². The zero-order valence-corrected chi connectivity index (χ0v) is 17.9. The fourth-order valence-electron chi connectivity index (χ4n) is 3.88. The number of halogens is 1. The zero-order chi connectivity index (χ0) is 20.5. The molecule has 1 atom stereocenters. The Bertz CT molecular complexity index is 629. The summed E-state index contributed by atoms with van der Waals surface area (Å²) in [7, 11) is 0. The van der Waals surface area contributed by atoms with Gasteiger partial charge in [0, 0.05) is 38.8 Å². The number of aliphatic imine (C=N–C) groups is 1. The summed E-state index contributed by atoms with van der Waals surface area (Å²) in [6.07, 6.45) is 2.67. The van der Waals surface area contributed by atoms with Crippen molar-refractivity contribution in [2.75, 3.05) is 59.0 Å². The lowest BCUT2D eigenvalue weighted by molar-refractivity contribution is 0.0179. The minimum atomic E-state index is -0.205. The molecule has 1 heterocycles. The number of morpholine rings is 1. The van der Waals surface area contributed by atoms with E-state index in [1.165, 1.54) is 25.0 Å². The van der Waals surface area contributed by atoms with Crippen LogP contribution in [0.1, 0.15) is 38.3 Å². The van der Waals surface area contributed by atoms with Gasteiger partial charge in [0.2, 0.25) is 0 Å². The predicted molar refractivity (Wildman–Crippen MR) is 116 cm³/mol. The summed E-state index contributed by atoms with van der Waals surface area (Å²) < 4.78 is 18.9. The first-order chi connectivity index (χ1) is 14.2. The molecule has 1 saturated carbocycles. The number of ether oxygens (including phenoxy) is 1. The number of guanidine groups is 1. The lowest BCUT2D eigenvalue weighted by atomic mass is 10.0. The summed E-state index contributed by atoms with van der Waals surface area (Å²) in [4.78, 5) is 9.79. The maximum absolute atomic E-state index is 13.4. The Morgan fingerprint density at radius 3 is 2.55 bits per heavy atom. The maximum atomic E-state index is 13.4. The smallest absolute Gasteiger partial charge is 0.191 e. The SMILES string of the molecule is CCNC(=NCC(c1ccc(F)cc1)N1CCOCC1)NCCN(CC)C1CC1. The molecule has 1 unspecified atom stereocenters. The molecule has 0 spiro atoms. The van der Waals surface area contributed by atoms with E-state index in [1.54, 1.807) is 0 Å². The highest BCUT2D eigenvalue weighted by atomic mass is 19.1. The van der Waals surface area contributed by atoms with Crippen molar-refractivity contribution in [1.29, 1.82) is 0 Å². The molecular weight excluding hydrogens is 369 g/mol. The summed E-state index contributed by atoms with van der Waals surface area (Å²) in [6, 6.07) is 7.72. The Morgan fingerprint density at radius 2 is 1.93 bits per heavy atom. The fourth-order valence-corrected chi connectivity index (χ4v) is 3.88. The molecule has 0 aromatic heterocycles. The van der Waals surface area contributed by atoms with Crippen LogP contribution in [0, 0.1) is 5.82 Å². The predicted octanol–water partition coefficient (Wildman–Crippen LogP) is 2.24. The molecule has 6 nitrogen and oxygen atoms in total. The van der Waals surface area contributed by atoms with Gasteiger partial charge in [-0.3, -0.25) is 14.8 Å². The number of nitrogens with zero attached hydrogens (tertiary/aromatic N) is 3. The molecular formula is C22H36FN5O. The highest BCUT2D eigenvalue weighted by Crippen LogP contribution is 2.26. The molecule has 7 heteroatoms. The van der Waals surface area contributed by atoms with E-state index in [4.69, 9.17) is 9.73 Å². The van der Waals surface area contributed by atoms with E-state index in [9.17, 15) is 4.39 Å². The molecule has 162 valence electrons. The van der Waals surface area contributed by atoms with Gasteiger partial charge < -0.3 is 15.4 Å². The largest absolute Gasteiger partial charge is 0.379 e. The second-order valence-corrected chi connectivity index (χ2v) is 7.72. The van der Waals surface area contributed by atoms with Gasteiger partial charge in [0.1, 0.15) is 5.82 Å². The first-order valence-corrected chi connectivity index (χ1v) is 11.0. The maximum Gasteiger partial charge on any atom is 0.191 e. The van der Waals surface area contributed by atoms with Gasteiger partial charge in [-0.1, -0.05) is 19.1 Å². The molecule has 1 aliphatic carbocycles. The zero-order valence-electron chi connectivity index (χ0n) is 17.9. The van der Waals surface area contributed by atoms with E-state index in [0.717, 1.165) is 70.0 Å². The van der Waals surface area contributed by atoms with Crippen LogP contribution in [-0.2, 0) is 4.74 Å². The molecule has 0 radical (unpaired) electrons. The van der Waals surface area contributed by atoms with Crippen LogP contribution in [0.5, 0.6) is 0 Å². The standard InChI is InChI=1S/C22H36FN5O/c1-3-24-22(25-11-12-27(4-2)20-9-10-20)26-17-21(28-13-15-29-16-14-28)18-5-7-19(23)8-6-18/h5-8,20-21H,3-4,9-17H2,1-2H3,(H2,24,25,26). The third-order valence-corrected chi connectivity index (χ3v) is 5.67. The average Bonchev–Trinajstić information content (AvgIpc) is 3.58. The summed E-state index contributed by atoms with van der Waals surface area (Å²) in [5.74, 6) is 0.642. The number of rotatable bonds is 10. The second-order valence-electron chi connectivity index (χ2n) is 7.72. The topological polar surface area (TPSA) is 52.1 Å². The Kier molecular flexibility index (Phi) is 8.70. The van der Waals surface area contributed by atoms with Gasteiger partial charge in [-0.25, -0.2) is 4.39 Å². The van der Waals surface area contributed by atoms with Crippen molar-refractivity contribution < 1.29 is 9.13 Å². The minimum Gasteiger partial charge on any atom is -0.379 e. The second kappa shape index (κ2) is 11.5. The van der Waals surface area contributed by atoms with E-state index < -0.39 is 0 Å². The van der Waals surface area contributed by atoms with Crippen LogP contribution in [0.25, 0.3) is 0 Å². The van der Waals surface area contributed by atoms with Crippen LogP contribution < -0.4 is 10.6 Å². The van der Waals surface area contributed by atoms with Crippen molar-refractivity contribution in [3.63, 3.8) is 0 Å². The summed E-state index contributed by atoms with van der Waals surface area (Å²) in [5.41, 5.74) is 1.10. The molecule has 0 bridgehead atoms.